The molecule has 0 atom stereocenters. The van der Waals surface area contributed by atoms with E-state index in [2.05, 4.69) is 35.0 Å². The van der Waals surface area contributed by atoms with Crippen molar-refractivity contribution in [2.24, 2.45) is 5.10 Å². The van der Waals surface area contributed by atoms with Crippen LogP contribution in [0.15, 0.2) is 59.7 Å². The van der Waals surface area contributed by atoms with Gasteiger partial charge in [0.15, 0.2) is 0 Å². The standard InChI is InChI=1S/C24H30N4O/c1-17(12-13-19-9-6-7-11-21(19)25-3)18(2)26-28(5)23-15-20-10-8-14-27(4)22(20)16-24(23)29/h6-7,9,11-13,15-16,25,29H,1,8,10,14H2,2-5H3/b13-12-,26-18+. The first-order chi connectivity index (χ1) is 13.9. The fourth-order valence-corrected chi connectivity index (χ4v) is 3.58. The summed E-state index contributed by atoms with van der Waals surface area (Å²) >= 11 is 0. The molecule has 29 heavy (non-hydrogen) atoms. The van der Waals surface area contributed by atoms with Crippen LogP contribution < -0.4 is 15.2 Å². The minimum Gasteiger partial charge on any atom is -0.506 e. The molecule has 5 heteroatoms. The maximum Gasteiger partial charge on any atom is 0.142 e. The number of aromatic hydroxyl groups is 1. The Balaban J connectivity index is 1.79. The van der Waals surface area contributed by atoms with Crippen LogP contribution in [0.5, 0.6) is 5.75 Å². The quantitative estimate of drug-likeness (QED) is 0.419. The van der Waals surface area contributed by atoms with Crippen LogP contribution in [0, 0.1) is 0 Å². The third-order valence-corrected chi connectivity index (χ3v) is 5.33. The molecule has 0 saturated heterocycles. The number of phenolic OH excluding ortho intramolecular Hbond substituents is 1. The third-order valence-electron chi connectivity index (χ3n) is 5.33. The largest absolute Gasteiger partial charge is 0.506 e. The molecule has 0 fully saturated rings. The lowest BCUT2D eigenvalue weighted by molar-refractivity contribution is 0.474. The number of nitrogens with zero attached hydrogens (tertiary/aromatic N) is 3. The average molecular weight is 391 g/mol. The number of benzene rings is 2. The third kappa shape index (κ3) is 4.62. The molecular weight excluding hydrogens is 360 g/mol. The zero-order chi connectivity index (χ0) is 21.0. The zero-order valence-corrected chi connectivity index (χ0v) is 17.7. The van der Waals surface area contributed by atoms with Crippen molar-refractivity contribution in [1.82, 2.24) is 0 Å². The van der Waals surface area contributed by atoms with Crippen LogP contribution in [0.3, 0.4) is 0 Å². The average Bonchev–Trinajstić information content (AvgIpc) is 2.72. The molecular formula is C24H30N4O. The van der Waals surface area contributed by atoms with Gasteiger partial charge in [0.25, 0.3) is 0 Å². The van der Waals surface area contributed by atoms with E-state index >= 15 is 0 Å². The van der Waals surface area contributed by atoms with Crippen molar-refractivity contribution < 1.29 is 5.11 Å². The maximum absolute atomic E-state index is 10.5. The van der Waals surface area contributed by atoms with Gasteiger partial charge in [-0.15, -0.1) is 0 Å². The van der Waals surface area contributed by atoms with Crippen molar-refractivity contribution >= 4 is 28.8 Å². The Hall–Kier alpha value is -3.21. The summed E-state index contributed by atoms with van der Waals surface area (Å²) in [4.78, 5) is 2.19. The first-order valence-electron chi connectivity index (χ1n) is 9.90. The Morgan fingerprint density at radius 1 is 1.31 bits per heavy atom. The summed E-state index contributed by atoms with van der Waals surface area (Å²) in [5, 5.41) is 20.1. The molecule has 0 saturated carbocycles. The van der Waals surface area contributed by atoms with Crippen molar-refractivity contribution in [3.8, 4) is 5.75 Å². The molecule has 152 valence electrons. The van der Waals surface area contributed by atoms with Crippen LogP contribution in [0.4, 0.5) is 17.1 Å². The number of phenols is 1. The number of allylic oxidation sites excluding steroid dienone is 2. The van der Waals surface area contributed by atoms with Gasteiger partial charge in [0.2, 0.25) is 0 Å². The second-order valence-electron chi connectivity index (χ2n) is 7.40. The van der Waals surface area contributed by atoms with Crippen molar-refractivity contribution in [3.63, 3.8) is 0 Å². The fraction of sp³-hybridized carbons (Fsp3) is 0.292. The number of aryl methyl sites for hydroxylation is 1. The highest BCUT2D eigenvalue weighted by atomic mass is 16.3. The van der Waals surface area contributed by atoms with Crippen molar-refractivity contribution in [2.75, 3.05) is 42.9 Å². The highest BCUT2D eigenvalue weighted by Crippen LogP contribution is 2.37. The number of fused-ring (bicyclic) bond motifs is 1. The summed E-state index contributed by atoms with van der Waals surface area (Å²) in [7, 11) is 5.82. The van der Waals surface area contributed by atoms with E-state index in [1.807, 2.05) is 63.5 Å². The molecule has 0 aliphatic carbocycles. The van der Waals surface area contributed by atoms with Crippen LogP contribution in [-0.4, -0.2) is 38.5 Å². The van der Waals surface area contributed by atoms with Crippen LogP contribution in [0.2, 0.25) is 0 Å². The van der Waals surface area contributed by atoms with Crippen molar-refractivity contribution in [2.45, 2.75) is 19.8 Å². The Morgan fingerprint density at radius 3 is 2.83 bits per heavy atom. The molecule has 0 unspecified atom stereocenters. The first-order valence-corrected chi connectivity index (χ1v) is 9.90. The molecule has 2 aromatic rings. The normalized spacial score (nSPS) is 14.1. The van der Waals surface area contributed by atoms with Gasteiger partial charge in [0.1, 0.15) is 11.4 Å². The topological polar surface area (TPSA) is 51.1 Å². The molecule has 1 heterocycles. The summed E-state index contributed by atoms with van der Waals surface area (Å²) in [6, 6.07) is 12.0. The van der Waals surface area contributed by atoms with Gasteiger partial charge in [-0.3, -0.25) is 5.01 Å². The Labute approximate surface area is 173 Å². The van der Waals surface area contributed by atoms with Gasteiger partial charge in [0, 0.05) is 45.1 Å². The minimum absolute atomic E-state index is 0.237. The number of anilines is 3. The monoisotopic (exact) mass is 390 g/mol. The van der Waals surface area contributed by atoms with E-state index in [-0.39, 0.29) is 5.75 Å². The van der Waals surface area contributed by atoms with Crippen LogP contribution in [-0.2, 0) is 6.42 Å². The highest BCUT2D eigenvalue weighted by Gasteiger charge is 2.18. The summed E-state index contributed by atoms with van der Waals surface area (Å²) in [6.07, 6.45) is 6.13. The first kappa shape index (κ1) is 20.5. The predicted octanol–water partition coefficient (Wildman–Crippen LogP) is 4.90. The molecule has 0 amide bonds. The Morgan fingerprint density at radius 2 is 2.07 bits per heavy atom. The van der Waals surface area contributed by atoms with Crippen LogP contribution >= 0.6 is 0 Å². The molecule has 5 nitrogen and oxygen atoms in total. The molecule has 0 spiro atoms. The van der Waals surface area contributed by atoms with E-state index in [4.69, 9.17) is 0 Å². The summed E-state index contributed by atoms with van der Waals surface area (Å²) in [5.41, 5.74) is 6.81. The van der Waals surface area contributed by atoms with Gasteiger partial charge in [0.05, 0.1) is 5.71 Å². The van der Waals surface area contributed by atoms with Crippen molar-refractivity contribution in [1.29, 1.82) is 0 Å². The fourth-order valence-electron chi connectivity index (χ4n) is 3.58. The SMILES string of the molecule is C=C(/C=C\c1ccccc1NC)/C(C)=N/N(C)c1cc2c(cc1O)N(C)CCC2. The van der Waals surface area contributed by atoms with Crippen LogP contribution in [0.25, 0.3) is 6.08 Å². The molecule has 1 aliphatic heterocycles. The van der Waals surface area contributed by atoms with E-state index < -0.39 is 0 Å². The van der Waals surface area contributed by atoms with E-state index in [1.54, 1.807) is 5.01 Å². The van der Waals surface area contributed by atoms with E-state index in [0.717, 1.165) is 47.6 Å². The maximum atomic E-state index is 10.5. The van der Waals surface area contributed by atoms with Crippen molar-refractivity contribution in [3.05, 3.63) is 65.8 Å². The molecule has 1 aliphatic rings. The molecule has 2 aromatic carbocycles. The van der Waals surface area contributed by atoms with Gasteiger partial charge in [-0.2, -0.15) is 5.10 Å². The number of hydrazone groups is 1. The van der Waals surface area contributed by atoms with E-state index in [1.165, 1.54) is 5.56 Å². The molecule has 0 aromatic heterocycles. The zero-order valence-electron chi connectivity index (χ0n) is 17.7. The van der Waals surface area contributed by atoms with Gasteiger partial charge in [-0.05, 0) is 48.6 Å². The summed E-state index contributed by atoms with van der Waals surface area (Å²) in [5.74, 6) is 0.237. The number of hydrogen-bond donors (Lipinski definition) is 2. The number of nitrogens with one attached hydrogen (secondary N) is 1. The lowest BCUT2D eigenvalue weighted by Gasteiger charge is -2.29. The molecule has 2 N–H and O–H groups in total. The van der Waals surface area contributed by atoms with E-state index in [9.17, 15) is 5.11 Å². The molecule has 3 rings (SSSR count). The second kappa shape index (κ2) is 8.86. The summed E-state index contributed by atoms with van der Waals surface area (Å²) in [6.45, 7) is 7.08. The minimum atomic E-state index is 0.237. The van der Waals surface area contributed by atoms with Crippen LogP contribution in [0.1, 0.15) is 24.5 Å². The Kier molecular flexibility index (Phi) is 6.27. The smallest absolute Gasteiger partial charge is 0.142 e. The summed E-state index contributed by atoms with van der Waals surface area (Å²) < 4.78 is 0. The van der Waals surface area contributed by atoms with Gasteiger partial charge in [-0.1, -0.05) is 36.9 Å². The predicted molar refractivity (Wildman–Crippen MR) is 125 cm³/mol. The number of para-hydroxylation sites is 1. The van der Waals surface area contributed by atoms with Gasteiger partial charge < -0.3 is 15.3 Å². The second-order valence-corrected chi connectivity index (χ2v) is 7.40. The lowest BCUT2D eigenvalue weighted by Crippen LogP contribution is -2.25. The highest BCUT2D eigenvalue weighted by molar-refractivity contribution is 6.01. The van der Waals surface area contributed by atoms with Gasteiger partial charge in [-0.25, -0.2) is 0 Å². The number of hydrogen-bond acceptors (Lipinski definition) is 5. The van der Waals surface area contributed by atoms with Gasteiger partial charge >= 0.3 is 0 Å². The molecule has 0 bridgehead atoms. The Bertz CT molecular complexity index is 961. The lowest BCUT2D eigenvalue weighted by atomic mass is 10.0. The van der Waals surface area contributed by atoms with E-state index in [0.29, 0.717) is 5.69 Å². The molecule has 0 radical (unpaired) electrons. The number of rotatable bonds is 6.